The molecule has 3 unspecified atom stereocenters. The predicted octanol–water partition coefficient (Wildman–Crippen LogP) is 3.04. The van der Waals surface area contributed by atoms with Crippen molar-refractivity contribution in [2.24, 2.45) is 17.8 Å². The number of carboxylic acid groups (broad SMARTS) is 1. The molecule has 1 aromatic carbocycles. The summed E-state index contributed by atoms with van der Waals surface area (Å²) in [5.41, 5.74) is 1.55. The van der Waals surface area contributed by atoms with Crippen molar-refractivity contribution in [3.05, 3.63) is 35.4 Å². The second-order valence-electron chi connectivity index (χ2n) is 6.71. The highest BCUT2D eigenvalue weighted by Crippen LogP contribution is 2.51. The first-order valence-corrected chi connectivity index (χ1v) is 8.09. The molecule has 0 radical (unpaired) electrons. The Balaban J connectivity index is 1.99. The zero-order valence-electron chi connectivity index (χ0n) is 12.6. The van der Waals surface area contributed by atoms with Crippen LogP contribution in [0.25, 0.3) is 0 Å². The number of hydrogen-bond acceptors (Lipinski definition) is 2. The molecule has 114 valence electrons. The number of carbonyl (C=O) groups is 1. The minimum absolute atomic E-state index is 0.0822. The van der Waals surface area contributed by atoms with Gasteiger partial charge in [0.1, 0.15) is 0 Å². The summed E-state index contributed by atoms with van der Waals surface area (Å²) >= 11 is 0. The van der Waals surface area contributed by atoms with E-state index in [1.165, 1.54) is 11.1 Å². The van der Waals surface area contributed by atoms with Gasteiger partial charge in [-0.15, -0.1) is 0 Å². The molecule has 0 amide bonds. The van der Waals surface area contributed by atoms with Crippen LogP contribution in [0.5, 0.6) is 0 Å². The molecule has 2 aliphatic rings. The van der Waals surface area contributed by atoms with E-state index in [0.717, 1.165) is 32.1 Å². The average Bonchev–Trinajstić information content (AvgIpc) is 2.67. The highest BCUT2D eigenvalue weighted by molar-refractivity contribution is 5.72. The van der Waals surface area contributed by atoms with Crippen LogP contribution in [0.4, 0.5) is 0 Å². The summed E-state index contributed by atoms with van der Waals surface area (Å²) in [4.78, 5) is 11.7. The van der Waals surface area contributed by atoms with Gasteiger partial charge in [0, 0.05) is 0 Å². The van der Waals surface area contributed by atoms with Gasteiger partial charge in [-0.05, 0) is 55.1 Å². The van der Waals surface area contributed by atoms with E-state index in [2.05, 4.69) is 12.1 Å². The molecular formula is C18H24O3. The Morgan fingerprint density at radius 1 is 1.24 bits per heavy atom. The van der Waals surface area contributed by atoms with Crippen LogP contribution in [0.3, 0.4) is 0 Å². The quantitative estimate of drug-likeness (QED) is 0.895. The van der Waals surface area contributed by atoms with E-state index in [0.29, 0.717) is 6.42 Å². The third kappa shape index (κ3) is 2.28. The largest absolute Gasteiger partial charge is 0.481 e. The number of rotatable bonds is 4. The molecule has 2 bridgehead atoms. The van der Waals surface area contributed by atoms with Crippen molar-refractivity contribution in [2.45, 2.75) is 51.0 Å². The summed E-state index contributed by atoms with van der Waals surface area (Å²) in [7, 11) is 0. The molecule has 0 aliphatic heterocycles. The Morgan fingerprint density at radius 2 is 1.76 bits per heavy atom. The van der Waals surface area contributed by atoms with Crippen molar-refractivity contribution < 1.29 is 15.0 Å². The van der Waals surface area contributed by atoms with Gasteiger partial charge in [-0.25, -0.2) is 0 Å². The maximum absolute atomic E-state index is 11.7. The van der Waals surface area contributed by atoms with E-state index in [1.54, 1.807) is 0 Å². The fraction of sp³-hybridized carbons (Fsp3) is 0.611. The smallest absolute Gasteiger partial charge is 0.309 e. The molecule has 3 rings (SSSR count). The summed E-state index contributed by atoms with van der Waals surface area (Å²) in [6, 6.07) is 8.34. The molecule has 21 heavy (non-hydrogen) atoms. The molecule has 1 aromatic rings. The van der Waals surface area contributed by atoms with Crippen LogP contribution in [-0.4, -0.2) is 21.8 Å². The van der Waals surface area contributed by atoms with Crippen LogP contribution in [0, 0.1) is 17.8 Å². The van der Waals surface area contributed by atoms with Gasteiger partial charge in [-0.2, -0.15) is 0 Å². The normalized spacial score (nSPS) is 32.3. The summed E-state index contributed by atoms with van der Waals surface area (Å²) < 4.78 is 0. The van der Waals surface area contributed by atoms with Crippen LogP contribution in [-0.2, 0) is 17.6 Å². The third-order valence-corrected chi connectivity index (χ3v) is 5.66. The van der Waals surface area contributed by atoms with E-state index in [9.17, 15) is 15.0 Å². The van der Waals surface area contributed by atoms with Crippen molar-refractivity contribution in [1.29, 1.82) is 0 Å². The van der Waals surface area contributed by atoms with Crippen molar-refractivity contribution >= 4 is 5.97 Å². The molecule has 2 N–H and O–H groups in total. The minimum atomic E-state index is -1.04. The molecule has 0 saturated heterocycles. The number of fused-ring (bicyclic) bond motifs is 3. The van der Waals surface area contributed by atoms with E-state index in [-0.39, 0.29) is 11.8 Å². The van der Waals surface area contributed by atoms with E-state index in [4.69, 9.17) is 0 Å². The first kappa shape index (κ1) is 14.6. The van der Waals surface area contributed by atoms with Crippen LogP contribution in [0.15, 0.2) is 24.3 Å². The van der Waals surface area contributed by atoms with Gasteiger partial charge in [0.25, 0.3) is 0 Å². The lowest BCUT2D eigenvalue weighted by atomic mass is 9.71. The van der Waals surface area contributed by atoms with Gasteiger partial charge in [0.15, 0.2) is 0 Å². The Bertz CT molecular complexity index is 504. The highest BCUT2D eigenvalue weighted by Gasteiger charge is 2.56. The van der Waals surface area contributed by atoms with Gasteiger partial charge in [-0.3, -0.25) is 4.79 Å². The van der Waals surface area contributed by atoms with E-state index in [1.807, 2.05) is 19.1 Å². The maximum atomic E-state index is 11.7. The zero-order valence-corrected chi connectivity index (χ0v) is 12.6. The van der Waals surface area contributed by atoms with Crippen LogP contribution in [0.1, 0.15) is 43.7 Å². The lowest BCUT2D eigenvalue weighted by Crippen LogP contribution is -2.50. The third-order valence-electron chi connectivity index (χ3n) is 5.66. The van der Waals surface area contributed by atoms with Gasteiger partial charge in [0.2, 0.25) is 0 Å². The lowest BCUT2D eigenvalue weighted by Gasteiger charge is -2.39. The number of carboxylic acids is 1. The molecule has 3 atom stereocenters. The van der Waals surface area contributed by atoms with Crippen LogP contribution < -0.4 is 0 Å². The Morgan fingerprint density at radius 3 is 2.19 bits per heavy atom. The average molecular weight is 288 g/mol. The van der Waals surface area contributed by atoms with Crippen molar-refractivity contribution in [1.82, 2.24) is 0 Å². The fourth-order valence-electron chi connectivity index (χ4n) is 4.63. The number of aliphatic carboxylic acids is 1. The Hall–Kier alpha value is -1.35. The molecule has 2 aliphatic carbocycles. The molecule has 0 aromatic heterocycles. The molecular weight excluding hydrogens is 264 g/mol. The number of benzene rings is 1. The molecule has 1 saturated carbocycles. The summed E-state index contributed by atoms with van der Waals surface area (Å²) in [6.45, 7) is 1.99. The minimum Gasteiger partial charge on any atom is -0.481 e. The maximum Gasteiger partial charge on any atom is 0.309 e. The first-order valence-electron chi connectivity index (χ1n) is 8.09. The van der Waals surface area contributed by atoms with Crippen LogP contribution in [0.2, 0.25) is 0 Å². The molecule has 0 heterocycles. The second-order valence-corrected chi connectivity index (χ2v) is 6.71. The topological polar surface area (TPSA) is 57.5 Å². The number of hydrogen-bond donors (Lipinski definition) is 2. The zero-order chi connectivity index (χ0) is 15.0. The standard InChI is InChI=1S/C18H24O3/c1-2-5-16(17(19)20)18(21)14-8-9-15(18)11-13-7-4-3-6-12(13)10-14/h3-4,6-7,14-16,21H,2,5,8-11H2,1H3,(H,19,20). The van der Waals surface area contributed by atoms with Gasteiger partial charge in [-0.1, -0.05) is 37.6 Å². The second kappa shape index (κ2) is 5.45. The van der Waals surface area contributed by atoms with Crippen molar-refractivity contribution in [2.75, 3.05) is 0 Å². The Kier molecular flexibility index (Phi) is 3.78. The Labute approximate surface area is 126 Å². The van der Waals surface area contributed by atoms with Crippen molar-refractivity contribution in [3.63, 3.8) is 0 Å². The highest BCUT2D eigenvalue weighted by atomic mass is 16.4. The van der Waals surface area contributed by atoms with E-state index < -0.39 is 17.5 Å². The molecule has 0 spiro atoms. The summed E-state index contributed by atoms with van der Waals surface area (Å²) in [6.07, 6.45) is 4.89. The lowest BCUT2D eigenvalue weighted by molar-refractivity contribution is -0.161. The van der Waals surface area contributed by atoms with Crippen molar-refractivity contribution in [3.8, 4) is 0 Å². The monoisotopic (exact) mass is 288 g/mol. The van der Waals surface area contributed by atoms with Gasteiger partial charge >= 0.3 is 5.97 Å². The fourth-order valence-corrected chi connectivity index (χ4v) is 4.63. The van der Waals surface area contributed by atoms with E-state index >= 15 is 0 Å². The van der Waals surface area contributed by atoms with Gasteiger partial charge in [0.05, 0.1) is 11.5 Å². The van der Waals surface area contributed by atoms with Crippen LogP contribution >= 0.6 is 0 Å². The SMILES string of the molecule is CCCC(C(=O)O)C1(O)C2CCC1Cc1ccccc1C2. The summed E-state index contributed by atoms with van der Waals surface area (Å²) in [5, 5.41) is 21.0. The number of aliphatic hydroxyl groups is 1. The molecule has 1 fully saturated rings. The first-order chi connectivity index (χ1) is 10.1. The van der Waals surface area contributed by atoms with Gasteiger partial charge < -0.3 is 10.2 Å². The molecule has 3 nitrogen and oxygen atoms in total. The molecule has 3 heteroatoms. The summed E-state index contributed by atoms with van der Waals surface area (Å²) in [5.74, 6) is -1.30. The predicted molar refractivity (Wildman–Crippen MR) is 81.0 cm³/mol.